The lowest BCUT2D eigenvalue weighted by atomic mass is 9.97. The molecule has 5 rings (SSSR count). The van der Waals surface area contributed by atoms with Crippen molar-refractivity contribution >= 4 is 47.1 Å². The van der Waals surface area contributed by atoms with Crippen molar-refractivity contribution in [2.24, 2.45) is 11.5 Å². The number of nitrogens with zero attached hydrogens (tertiary/aromatic N) is 3. The van der Waals surface area contributed by atoms with Gasteiger partial charge in [0.2, 0.25) is 0 Å². The number of hydrogen-bond acceptors (Lipinski definition) is 13. The fraction of sp³-hybridized carbons (Fsp3) is 0.425. The first-order chi connectivity index (χ1) is 26.8. The zero-order chi connectivity index (χ0) is 43.9. The van der Waals surface area contributed by atoms with E-state index < -0.39 is 64.3 Å². The van der Waals surface area contributed by atoms with E-state index in [4.69, 9.17) is 30.9 Å². The summed E-state index contributed by atoms with van der Waals surface area (Å²) in [6.07, 6.45) is -1.03. The number of hydroxylamine groups is 2. The molecule has 18 heteroatoms. The van der Waals surface area contributed by atoms with Gasteiger partial charge >= 0.3 is 18.2 Å². The van der Waals surface area contributed by atoms with Crippen LogP contribution in [0.5, 0.6) is 0 Å². The van der Waals surface area contributed by atoms with Crippen LogP contribution in [0, 0.1) is 30.9 Å². The molecule has 0 spiro atoms. The van der Waals surface area contributed by atoms with Crippen LogP contribution >= 0.6 is 0 Å². The fourth-order valence-electron chi connectivity index (χ4n) is 5.71. The Kier molecular flexibility index (Phi) is 15.1. The average Bonchev–Trinajstić information content (AvgIpc) is 3.07. The molecule has 0 fully saturated rings. The number of amides is 3. The maximum Gasteiger partial charge on any atom is 0.534 e. The van der Waals surface area contributed by atoms with Crippen LogP contribution in [-0.2, 0) is 48.0 Å². The van der Waals surface area contributed by atoms with Gasteiger partial charge in [-0.05, 0) is 98.1 Å². The Hall–Kier alpha value is -6.11. The Labute approximate surface area is 336 Å². The normalized spacial score (nSPS) is 16.6. The number of carboxylic acid groups (broad SMARTS) is 1. The first-order valence-corrected chi connectivity index (χ1v) is 18.2. The molecule has 0 saturated heterocycles. The Morgan fingerprint density at radius 1 is 0.862 bits per heavy atom. The average molecular weight is 809 g/mol. The Balaban J connectivity index is 0.000000253. The fourth-order valence-corrected chi connectivity index (χ4v) is 5.71. The molecule has 0 aliphatic carbocycles. The number of aryl methyl sites for hydroxylation is 3. The number of hydrogen-bond donors (Lipinski definition) is 5. The number of ether oxygens (including phenoxy) is 2. The molecule has 2 aliphatic rings. The third-order valence-electron chi connectivity index (χ3n) is 8.24. The molecule has 7 N–H and O–H groups in total. The lowest BCUT2D eigenvalue weighted by Gasteiger charge is -2.33. The summed E-state index contributed by atoms with van der Waals surface area (Å²) < 4.78 is 10.4. The number of aliphatic carboxylic acids is 1. The van der Waals surface area contributed by atoms with Crippen molar-refractivity contribution in [2.45, 2.75) is 111 Å². The number of nitrogens with two attached hydrogens (primary N) is 2. The van der Waals surface area contributed by atoms with E-state index in [1.165, 1.54) is 6.07 Å². The second-order valence-electron chi connectivity index (χ2n) is 15.9. The van der Waals surface area contributed by atoms with Crippen molar-refractivity contribution in [3.05, 3.63) is 98.1 Å². The standard InChI is InChI=1S/C20H28N2O6.C10H12N2O4.C10H12N2O2/c1-12-8-9-15-13(10-12)11-14(21-17(24)26-19(2,3)4)16(23)22(15)28-18(25)27-20(5,6)7;1-6-2-3-9(12(15)16)7(4-6)5-8(11)10(13)14;1-6-2-3-9-7(4-6)5-8(11)10(13)12(9)14/h8-10,14H,11H2,1-7H3,(H,21,24);2-4,8H,5,11H2,1H3,(H,13,14);2-4,8,14H,5,11H2,1H3. The van der Waals surface area contributed by atoms with E-state index in [0.717, 1.165) is 32.9 Å². The molecule has 58 heavy (non-hydrogen) atoms. The smallest absolute Gasteiger partial charge is 0.480 e. The molecule has 3 amide bonds. The quantitative estimate of drug-likeness (QED) is 0.0939. The van der Waals surface area contributed by atoms with Crippen LogP contribution < -0.4 is 26.9 Å². The van der Waals surface area contributed by atoms with Gasteiger partial charge in [0.05, 0.1) is 22.3 Å². The van der Waals surface area contributed by atoms with Gasteiger partial charge in [0.25, 0.3) is 17.5 Å². The van der Waals surface area contributed by atoms with E-state index in [1.807, 2.05) is 32.0 Å². The molecule has 3 unspecified atom stereocenters. The molecule has 2 heterocycles. The van der Waals surface area contributed by atoms with Gasteiger partial charge < -0.3 is 31.4 Å². The van der Waals surface area contributed by atoms with E-state index in [-0.39, 0.29) is 18.5 Å². The Bertz CT molecular complexity index is 2040. The maximum atomic E-state index is 12.9. The van der Waals surface area contributed by atoms with Crippen LogP contribution in [0.3, 0.4) is 0 Å². The van der Waals surface area contributed by atoms with Gasteiger partial charge in [-0.25, -0.2) is 9.59 Å². The number of rotatable bonds is 6. The molecule has 3 aromatic rings. The van der Waals surface area contributed by atoms with E-state index in [1.54, 1.807) is 78.8 Å². The van der Waals surface area contributed by atoms with Gasteiger partial charge in [-0.15, -0.1) is 5.06 Å². The molecule has 3 atom stereocenters. The predicted octanol–water partition coefficient (Wildman–Crippen LogP) is 5.10. The largest absolute Gasteiger partial charge is 0.534 e. The number of nitrogens with one attached hydrogen (secondary N) is 1. The third-order valence-corrected chi connectivity index (χ3v) is 8.24. The molecule has 2 aliphatic heterocycles. The molecule has 18 nitrogen and oxygen atoms in total. The first kappa shape index (κ1) is 46.3. The summed E-state index contributed by atoms with van der Waals surface area (Å²) in [5.74, 6) is -2.20. The van der Waals surface area contributed by atoms with Crippen LogP contribution in [-0.4, -0.2) is 74.6 Å². The van der Waals surface area contributed by atoms with Crippen LogP contribution in [0.4, 0.5) is 26.7 Å². The van der Waals surface area contributed by atoms with Crippen molar-refractivity contribution in [1.29, 1.82) is 0 Å². The maximum absolute atomic E-state index is 12.9. The van der Waals surface area contributed by atoms with E-state index >= 15 is 0 Å². The third kappa shape index (κ3) is 13.2. The molecular weight excluding hydrogens is 756 g/mol. The summed E-state index contributed by atoms with van der Waals surface area (Å²) in [5.41, 5.74) is 15.2. The number of nitro groups is 1. The second-order valence-corrected chi connectivity index (χ2v) is 15.9. The number of anilines is 2. The first-order valence-electron chi connectivity index (χ1n) is 18.2. The zero-order valence-electron chi connectivity index (χ0n) is 34.0. The van der Waals surface area contributed by atoms with Crippen molar-refractivity contribution < 1.29 is 53.5 Å². The zero-order valence-corrected chi connectivity index (χ0v) is 34.0. The molecule has 0 saturated carbocycles. The monoisotopic (exact) mass is 808 g/mol. The van der Waals surface area contributed by atoms with Gasteiger partial charge in [0.15, 0.2) is 0 Å². The molecule has 0 bridgehead atoms. The summed E-state index contributed by atoms with van der Waals surface area (Å²) in [7, 11) is 0. The van der Waals surface area contributed by atoms with Gasteiger partial charge in [-0.3, -0.25) is 34.5 Å². The van der Waals surface area contributed by atoms with Crippen molar-refractivity contribution in [3.8, 4) is 0 Å². The summed E-state index contributed by atoms with van der Waals surface area (Å²) in [5, 5.41) is 32.9. The van der Waals surface area contributed by atoms with Gasteiger partial charge in [-0.1, -0.05) is 47.0 Å². The van der Waals surface area contributed by atoms with Crippen molar-refractivity contribution in [1.82, 2.24) is 5.32 Å². The summed E-state index contributed by atoms with van der Waals surface area (Å²) in [4.78, 5) is 74.4. The van der Waals surface area contributed by atoms with Crippen LogP contribution in [0.2, 0.25) is 0 Å². The SMILES string of the molecule is Cc1ccc([N+](=O)[O-])c(CC(N)C(=O)O)c1.Cc1ccc2c(c1)CC(N)C(=O)N2O.Cc1ccc2c(c1)CC(NC(=O)OC(C)(C)C)C(=O)N2OC(=O)OC(C)(C)C. The lowest BCUT2D eigenvalue weighted by molar-refractivity contribution is -0.385. The van der Waals surface area contributed by atoms with Gasteiger partial charge in [0.1, 0.15) is 23.3 Å². The summed E-state index contributed by atoms with van der Waals surface area (Å²) in [6.45, 7) is 15.9. The number of carbonyl (C=O) groups excluding carboxylic acids is 4. The molecule has 314 valence electrons. The molecule has 3 aromatic carbocycles. The van der Waals surface area contributed by atoms with E-state index in [0.29, 0.717) is 28.4 Å². The van der Waals surface area contributed by atoms with Crippen LogP contribution in [0.25, 0.3) is 0 Å². The number of alkyl carbamates (subject to hydrolysis) is 1. The number of nitro benzene ring substituents is 1. The van der Waals surface area contributed by atoms with Crippen molar-refractivity contribution in [3.63, 3.8) is 0 Å². The van der Waals surface area contributed by atoms with Crippen molar-refractivity contribution in [2.75, 3.05) is 10.1 Å². The van der Waals surface area contributed by atoms with Gasteiger partial charge in [-0.2, -0.15) is 5.06 Å². The number of carboxylic acids is 1. The minimum Gasteiger partial charge on any atom is -0.480 e. The highest BCUT2D eigenvalue weighted by atomic mass is 16.8. The molecule has 0 aromatic heterocycles. The minimum atomic E-state index is -1.17. The lowest BCUT2D eigenvalue weighted by Crippen LogP contribution is -2.54. The summed E-state index contributed by atoms with van der Waals surface area (Å²) >= 11 is 0. The van der Waals surface area contributed by atoms with E-state index in [9.17, 15) is 39.3 Å². The highest BCUT2D eigenvalue weighted by molar-refractivity contribution is 6.01. The highest BCUT2D eigenvalue weighted by Gasteiger charge is 2.38. The predicted molar refractivity (Wildman–Crippen MR) is 212 cm³/mol. The Morgan fingerprint density at radius 3 is 1.91 bits per heavy atom. The summed E-state index contributed by atoms with van der Waals surface area (Å²) in [6, 6.07) is 12.7. The molecular formula is C40H52N6O12. The molecule has 0 radical (unpaired) electrons. The van der Waals surface area contributed by atoms with E-state index in [2.05, 4.69) is 5.32 Å². The number of fused-ring (bicyclic) bond motifs is 2. The van der Waals surface area contributed by atoms with Crippen LogP contribution in [0.15, 0.2) is 54.6 Å². The Morgan fingerprint density at radius 2 is 1.38 bits per heavy atom. The second kappa shape index (κ2) is 18.9. The topological polar surface area (TPSA) is 267 Å². The number of benzene rings is 3. The van der Waals surface area contributed by atoms with Gasteiger partial charge in [0, 0.05) is 24.5 Å². The highest BCUT2D eigenvalue weighted by Crippen LogP contribution is 2.30. The number of carbonyl (C=O) groups is 5. The minimum absolute atomic E-state index is 0.0483. The van der Waals surface area contributed by atoms with Crippen LogP contribution in [0.1, 0.15) is 74.9 Å².